The molecule has 1 aromatic rings. The third kappa shape index (κ3) is 2.65. The summed E-state index contributed by atoms with van der Waals surface area (Å²) in [5.41, 5.74) is 1.29. The topological polar surface area (TPSA) is 41.3 Å². The van der Waals surface area contributed by atoms with Gasteiger partial charge in [0.05, 0.1) is 6.33 Å². The van der Waals surface area contributed by atoms with Gasteiger partial charge in [-0.3, -0.25) is 0 Å². The fourth-order valence-corrected chi connectivity index (χ4v) is 2.48. The molecular formula is C11H20BN3O. The van der Waals surface area contributed by atoms with E-state index in [0.29, 0.717) is 5.92 Å². The smallest absolute Gasteiger partial charge is 0.376 e. The molecule has 0 spiro atoms. The lowest BCUT2D eigenvalue weighted by atomic mass is 9.80. The predicted octanol–water partition coefficient (Wildman–Crippen LogP) is 0.785. The Hall–Kier alpha value is -0.805. The second kappa shape index (κ2) is 5.02. The Labute approximate surface area is 97.4 Å². The van der Waals surface area contributed by atoms with Gasteiger partial charge in [0.15, 0.2) is 0 Å². The Morgan fingerprint density at radius 1 is 1.62 bits per heavy atom. The number of aromatic nitrogens is 2. The normalized spacial score (nSPS) is 22.3. The van der Waals surface area contributed by atoms with Gasteiger partial charge in [-0.15, -0.1) is 0 Å². The number of nitrogens with zero attached hydrogens (tertiary/aromatic N) is 3. The summed E-state index contributed by atoms with van der Waals surface area (Å²) in [4.78, 5) is 6.30. The SMILES string of the molecule is CB(O)N1CCC[C@@H](Cc2cncn2C)C1. The molecule has 1 aliphatic rings. The van der Waals surface area contributed by atoms with Crippen molar-refractivity contribution >= 4 is 7.05 Å². The zero-order valence-corrected chi connectivity index (χ0v) is 10.1. The van der Waals surface area contributed by atoms with E-state index in [1.165, 1.54) is 18.5 Å². The molecule has 1 atom stereocenters. The molecule has 0 aromatic carbocycles. The van der Waals surface area contributed by atoms with E-state index in [9.17, 15) is 5.02 Å². The van der Waals surface area contributed by atoms with Crippen molar-refractivity contribution in [3.63, 3.8) is 0 Å². The van der Waals surface area contributed by atoms with Crippen LogP contribution in [0.25, 0.3) is 0 Å². The van der Waals surface area contributed by atoms with Gasteiger partial charge >= 0.3 is 7.05 Å². The van der Waals surface area contributed by atoms with Gasteiger partial charge in [-0.05, 0) is 45.1 Å². The van der Waals surface area contributed by atoms with Gasteiger partial charge in [-0.2, -0.15) is 0 Å². The third-order valence-corrected chi connectivity index (χ3v) is 3.49. The average molecular weight is 221 g/mol. The molecular weight excluding hydrogens is 201 g/mol. The summed E-state index contributed by atoms with van der Waals surface area (Å²) < 4.78 is 2.08. The van der Waals surface area contributed by atoms with Crippen molar-refractivity contribution < 1.29 is 5.02 Å². The third-order valence-electron chi connectivity index (χ3n) is 3.49. The second-order valence-corrected chi connectivity index (χ2v) is 4.84. The Bertz CT molecular complexity index is 340. The van der Waals surface area contributed by atoms with Gasteiger partial charge in [0, 0.05) is 18.9 Å². The first-order valence-corrected chi connectivity index (χ1v) is 6.04. The van der Waals surface area contributed by atoms with Crippen LogP contribution in [0.4, 0.5) is 0 Å². The van der Waals surface area contributed by atoms with Crippen LogP contribution < -0.4 is 0 Å². The van der Waals surface area contributed by atoms with E-state index in [0.717, 1.165) is 19.5 Å². The summed E-state index contributed by atoms with van der Waals surface area (Å²) in [5, 5.41) is 9.58. The molecule has 0 saturated carbocycles. The molecule has 0 amide bonds. The maximum absolute atomic E-state index is 9.58. The first kappa shape index (κ1) is 11.7. The van der Waals surface area contributed by atoms with Crippen molar-refractivity contribution in [3.05, 3.63) is 18.2 Å². The van der Waals surface area contributed by atoms with E-state index in [1.54, 1.807) is 0 Å². The van der Waals surface area contributed by atoms with Crippen LogP contribution in [-0.4, -0.2) is 39.5 Å². The Morgan fingerprint density at radius 3 is 3.06 bits per heavy atom. The monoisotopic (exact) mass is 221 g/mol. The van der Waals surface area contributed by atoms with E-state index in [1.807, 2.05) is 26.4 Å². The number of hydrogen-bond acceptors (Lipinski definition) is 3. The molecule has 1 aliphatic heterocycles. The van der Waals surface area contributed by atoms with Crippen molar-refractivity contribution in [2.75, 3.05) is 13.1 Å². The Kier molecular flexibility index (Phi) is 3.66. The van der Waals surface area contributed by atoms with Gasteiger partial charge in [0.1, 0.15) is 0 Å². The number of imidazole rings is 1. The van der Waals surface area contributed by atoms with E-state index in [2.05, 4.69) is 14.4 Å². The highest BCUT2D eigenvalue weighted by Gasteiger charge is 2.25. The first-order chi connectivity index (χ1) is 7.66. The van der Waals surface area contributed by atoms with Crippen molar-refractivity contribution in [3.8, 4) is 0 Å². The van der Waals surface area contributed by atoms with Gasteiger partial charge in [0.2, 0.25) is 0 Å². The maximum atomic E-state index is 9.58. The van der Waals surface area contributed by atoms with Crippen LogP contribution in [0.1, 0.15) is 18.5 Å². The molecule has 0 unspecified atom stereocenters. The van der Waals surface area contributed by atoms with Crippen molar-refractivity contribution in [1.82, 2.24) is 14.4 Å². The summed E-state index contributed by atoms with van der Waals surface area (Å²) in [6, 6.07) is 0. The van der Waals surface area contributed by atoms with E-state index < -0.39 is 0 Å². The van der Waals surface area contributed by atoms with E-state index in [4.69, 9.17) is 0 Å². The molecule has 4 nitrogen and oxygen atoms in total. The lowest BCUT2D eigenvalue weighted by Crippen LogP contribution is -2.44. The molecule has 16 heavy (non-hydrogen) atoms. The molecule has 1 fully saturated rings. The quantitative estimate of drug-likeness (QED) is 0.767. The zero-order valence-electron chi connectivity index (χ0n) is 10.1. The van der Waals surface area contributed by atoms with Crippen LogP contribution >= 0.6 is 0 Å². The van der Waals surface area contributed by atoms with Gasteiger partial charge in [-0.25, -0.2) is 4.98 Å². The lowest BCUT2D eigenvalue weighted by molar-refractivity contribution is 0.240. The number of rotatable bonds is 3. The fraction of sp³-hybridized carbons (Fsp3) is 0.727. The van der Waals surface area contributed by atoms with Crippen LogP contribution in [0.5, 0.6) is 0 Å². The molecule has 1 saturated heterocycles. The minimum absolute atomic E-state index is 0.311. The highest BCUT2D eigenvalue weighted by molar-refractivity contribution is 6.45. The van der Waals surface area contributed by atoms with Gasteiger partial charge < -0.3 is 14.4 Å². The van der Waals surface area contributed by atoms with Crippen LogP contribution in [0.2, 0.25) is 6.82 Å². The summed E-state index contributed by atoms with van der Waals surface area (Å²) in [5.74, 6) is 0.652. The maximum Gasteiger partial charge on any atom is 0.376 e. The largest absolute Gasteiger partial charge is 0.437 e. The standard InChI is InChI=1S/C11H20BN3O/c1-12(16)15-5-3-4-10(8-15)6-11-7-13-9-14(11)2/h7,9-10,16H,3-6,8H2,1-2H3/t10-/m0/s1. The van der Waals surface area contributed by atoms with Crippen molar-refractivity contribution in [2.24, 2.45) is 13.0 Å². The van der Waals surface area contributed by atoms with Crippen molar-refractivity contribution in [1.29, 1.82) is 0 Å². The molecule has 0 bridgehead atoms. The van der Waals surface area contributed by atoms with Crippen LogP contribution in [0.3, 0.4) is 0 Å². The highest BCUT2D eigenvalue weighted by atomic mass is 16.2. The summed E-state index contributed by atoms with van der Waals surface area (Å²) in [7, 11) is 1.73. The minimum atomic E-state index is -0.311. The molecule has 1 N–H and O–H groups in total. The predicted molar refractivity (Wildman–Crippen MR) is 65.0 cm³/mol. The van der Waals surface area contributed by atoms with Gasteiger partial charge in [-0.1, -0.05) is 0 Å². The van der Waals surface area contributed by atoms with Crippen molar-refractivity contribution in [2.45, 2.75) is 26.1 Å². The van der Waals surface area contributed by atoms with Crippen LogP contribution in [0.15, 0.2) is 12.5 Å². The number of aryl methyl sites for hydroxylation is 1. The summed E-state index contributed by atoms with van der Waals surface area (Å²) in [6.45, 7) is 3.88. The molecule has 2 heterocycles. The minimum Gasteiger partial charge on any atom is -0.437 e. The molecule has 1 aromatic heterocycles. The molecule has 0 radical (unpaired) electrons. The van der Waals surface area contributed by atoms with E-state index >= 15 is 0 Å². The molecule has 2 rings (SSSR count). The molecule has 88 valence electrons. The Morgan fingerprint density at radius 2 is 2.44 bits per heavy atom. The molecule has 0 aliphatic carbocycles. The summed E-state index contributed by atoms with van der Waals surface area (Å²) in [6.07, 6.45) is 7.31. The second-order valence-electron chi connectivity index (χ2n) is 4.84. The molecule has 5 heteroatoms. The first-order valence-electron chi connectivity index (χ1n) is 6.04. The van der Waals surface area contributed by atoms with Crippen LogP contribution in [0, 0.1) is 5.92 Å². The Balaban J connectivity index is 1.93. The zero-order chi connectivity index (χ0) is 11.5. The van der Waals surface area contributed by atoms with Crippen LogP contribution in [-0.2, 0) is 13.5 Å². The summed E-state index contributed by atoms with van der Waals surface area (Å²) >= 11 is 0. The number of piperidine rings is 1. The average Bonchev–Trinajstić information content (AvgIpc) is 2.65. The lowest BCUT2D eigenvalue weighted by Gasteiger charge is -2.33. The highest BCUT2D eigenvalue weighted by Crippen LogP contribution is 2.20. The van der Waals surface area contributed by atoms with Gasteiger partial charge in [0.25, 0.3) is 0 Å². The number of hydrogen-bond donors (Lipinski definition) is 1. The fourth-order valence-electron chi connectivity index (χ4n) is 2.48. The van der Waals surface area contributed by atoms with E-state index in [-0.39, 0.29) is 7.05 Å².